The summed E-state index contributed by atoms with van der Waals surface area (Å²) in [6, 6.07) is 13.1. The van der Waals surface area contributed by atoms with Gasteiger partial charge >= 0.3 is 0 Å². The minimum absolute atomic E-state index is 0.0764. The fraction of sp³-hybridized carbons (Fsp3) is 0.483. The van der Waals surface area contributed by atoms with E-state index in [1.165, 1.54) is 36.8 Å². The van der Waals surface area contributed by atoms with Gasteiger partial charge in [0.2, 0.25) is 12.7 Å². The first-order valence-corrected chi connectivity index (χ1v) is 13.1. The zero-order valence-corrected chi connectivity index (χ0v) is 20.9. The molecule has 6 nitrogen and oxygen atoms in total. The first kappa shape index (κ1) is 23.7. The van der Waals surface area contributed by atoms with Crippen LogP contribution in [0.5, 0.6) is 11.5 Å². The molecule has 3 heterocycles. The average molecular weight is 476 g/mol. The molecule has 1 saturated heterocycles. The average Bonchev–Trinajstić information content (AvgIpc) is 3.53. The summed E-state index contributed by atoms with van der Waals surface area (Å²) in [6.45, 7) is 7.68. The quantitative estimate of drug-likeness (QED) is 0.409. The monoisotopic (exact) mass is 475 g/mol. The predicted octanol–water partition coefficient (Wildman–Crippen LogP) is 5.36. The van der Waals surface area contributed by atoms with Crippen LogP contribution in [0, 0.1) is 0 Å². The van der Waals surface area contributed by atoms with Gasteiger partial charge in [-0.3, -0.25) is 4.79 Å². The third-order valence-electron chi connectivity index (χ3n) is 7.66. The van der Waals surface area contributed by atoms with Crippen molar-refractivity contribution in [2.45, 2.75) is 64.3 Å². The molecule has 2 unspecified atom stereocenters. The molecule has 2 aromatic carbocycles. The fourth-order valence-electron chi connectivity index (χ4n) is 5.62. The SMILES string of the molecule is CCc1cccc2c(C(CC(=O)NCCCN3CCCCC3C)c3ccc4c(c3)OCO4)c[nH]c12. The largest absolute Gasteiger partial charge is 0.454 e. The minimum atomic E-state index is -0.0764. The maximum absolute atomic E-state index is 13.1. The number of para-hydroxylation sites is 1. The van der Waals surface area contributed by atoms with Gasteiger partial charge in [-0.05, 0) is 68.0 Å². The Morgan fingerprint density at radius 1 is 1.20 bits per heavy atom. The summed E-state index contributed by atoms with van der Waals surface area (Å²) in [7, 11) is 0. The lowest BCUT2D eigenvalue weighted by Crippen LogP contribution is -2.39. The number of aromatic nitrogens is 1. The number of amides is 1. The van der Waals surface area contributed by atoms with Crippen LogP contribution in [-0.4, -0.2) is 48.3 Å². The van der Waals surface area contributed by atoms with E-state index in [4.69, 9.17) is 9.47 Å². The third kappa shape index (κ3) is 5.18. The molecule has 6 heteroatoms. The Morgan fingerprint density at radius 2 is 2.09 bits per heavy atom. The summed E-state index contributed by atoms with van der Waals surface area (Å²) >= 11 is 0. The van der Waals surface area contributed by atoms with Crippen molar-refractivity contribution in [2.24, 2.45) is 0 Å². The second-order valence-corrected chi connectivity index (χ2v) is 9.89. The van der Waals surface area contributed by atoms with Crippen molar-refractivity contribution in [2.75, 3.05) is 26.4 Å². The number of piperidine rings is 1. The van der Waals surface area contributed by atoms with Crippen molar-refractivity contribution in [3.05, 3.63) is 59.3 Å². The van der Waals surface area contributed by atoms with Gasteiger partial charge in [-0.25, -0.2) is 0 Å². The molecule has 2 aliphatic heterocycles. The lowest BCUT2D eigenvalue weighted by molar-refractivity contribution is -0.121. The highest BCUT2D eigenvalue weighted by Gasteiger charge is 2.25. The Hall–Kier alpha value is -2.99. The number of likely N-dealkylation sites (tertiary alicyclic amines) is 1. The zero-order chi connectivity index (χ0) is 24.2. The van der Waals surface area contributed by atoms with Crippen molar-refractivity contribution in [3.63, 3.8) is 0 Å². The molecule has 2 N–H and O–H groups in total. The van der Waals surface area contributed by atoms with Crippen LogP contribution < -0.4 is 14.8 Å². The highest BCUT2D eigenvalue weighted by Crippen LogP contribution is 2.39. The molecule has 186 valence electrons. The number of nitrogens with zero attached hydrogens (tertiary/aromatic N) is 1. The number of nitrogens with one attached hydrogen (secondary N) is 2. The van der Waals surface area contributed by atoms with Gasteiger partial charge in [-0.1, -0.05) is 37.6 Å². The van der Waals surface area contributed by atoms with Crippen LogP contribution in [0.4, 0.5) is 0 Å². The van der Waals surface area contributed by atoms with Crippen LogP contribution in [0.25, 0.3) is 10.9 Å². The van der Waals surface area contributed by atoms with Gasteiger partial charge in [0.15, 0.2) is 11.5 Å². The molecule has 0 bridgehead atoms. The summed E-state index contributed by atoms with van der Waals surface area (Å²) < 4.78 is 11.2. The van der Waals surface area contributed by atoms with Crippen molar-refractivity contribution in [3.8, 4) is 11.5 Å². The van der Waals surface area contributed by atoms with Crippen LogP contribution in [0.2, 0.25) is 0 Å². The molecule has 2 aliphatic rings. The van der Waals surface area contributed by atoms with Crippen LogP contribution in [-0.2, 0) is 11.2 Å². The number of carbonyl (C=O) groups excluding carboxylic acids is 1. The highest BCUT2D eigenvalue weighted by atomic mass is 16.7. The van der Waals surface area contributed by atoms with Crippen LogP contribution in [0.15, 0.2) is 42.6 Å². The van der Waals surface area contributed by atoms with E-state index in [9.17, 15) is 4.79 Å². The maximum Gasteiger partial charge on any atom is 0.231 e. The van der Waals surface area contributed by atoms with Gasteiger partial charge in [-0.2, -0.15) is 0 Å². The summed E-state index contributed by atoms with van der Waals surface area (Å²) in [6.07, 6.45) is 8.32. The van der Waals surface area contributed by atoms with Crippen molar-refractivity contribution >= 4 is 16.8 Å². The number of hydrogen-bond acceptors (Lipinski definition) is 4. The van der Waals surface area contributed by atoms with Gasteiger partial charge in [0.05, 0.1) is 0 Å². The van der Waals surface area contributed by atoms with E-state index >= 15 is 0 Å². The lowest BCUT2D eigenvalue weighted by atomic mass is 9.87. The number of carbonyl (C=O) groups is 1. The molecule has 1 aromatic heterocycles. The Morgan fingerprint density at radius 3 is 2.94 bits per heavy atom. The Bertz CT molecular complexity index is 1170. The van der Waals surface area contributed by atoms with Crippen LogP contribution in [0.1, 0.15) is 68.6 Å². The molecule has 2 atom stereocenters. The number of benzene rings is 2. The van der Waals surface area contributed by atoms with Gasteiger partial charge in [0.25, 0.3) is 0 Å². The molecule has 1 amide bonds. The molecule has 3 aromatic rings. The molecule has 0 saturated carbocycles. The molecule has 0 spiro atoms. The lowest BCUT2D eigenvalue weighted by Gasteiger charge is -2.33. The van der Waals surface area contributed by atoms with E-state index in [1.54, 1.807) is 0 Å². The Kier molecular flexibility index (Phi) is 7.28. The first-order chi connectivity index (χ1) is 17.1. The van der Waals surface area contributed by atoms with E-state index < -0.39 is 0 Å². The second-order valence-electron chi connectivity index (χ2n) is 9.89. The standard InChI is InChI=1S/C29H37N3O3/c1-3-21-9-6-10-23-25(18-31-29(21)23)24(22-11-12-26-27(16-22)35-19-34-26)17-28(33)30-13-7-15-32-14-5-4-8-20(32)2/h6,9-12,16,18,20,24,31H,3-5,7-8,13-15,17,19H2,1-2H3,(H,30,33). The topological polar surface area (TPSA) is 66.6 Å². The van der Waals surface area contributed by atoms with Gasteiger partial charge < -0.3 is 24.7 Å². The fourth-order valence-corrected chi connectivity index (χ4v) is 5.62. The number of aryl methyl sites for hydroxylation is 1. The van der Waals surface area contributed by atoms with E-state index in [0.717, 1.165) is 47.5 Å². The molecule has 0 radical (unpaired) electrons. The number of hydrogen-bond donors (Lipinski definition) is 2. The number of ether oxygens (including phenoxy) is 2. The number of aromatic amines is 1. The summed E-state index contributed by atoms with van der Waals surface area (Å²) in [5, 5.41) is 4.37. The predicted molar refractivity (Wildman–Crippen MR) is 139 cm³/mol. The first-order valence-electron chi connectivity index (χ1n) is 13.1. The van der Waals surface area contributed by atoms with Crippen molar-refractivity contribution in [1.82, 2.24) is 15.2 Å². The molecule has 0 aliphatic carbocycles. The zero-order valence-electron chi connectivity index (χ0n) is 20.9. The minimum Gasteiger partial charge on any atom is -0.454 e. The summed E-state index contributed by atoms with van der Waals surface area (Å²) in [5.41, 5.74) is 4.65. The summed E-state index contributed by atoms with van der Waals surface area (Å²) in [4.78, 5) is 19.2. The van der Waals surface area contributed by atoms with Crippen molar-refractivity contribution < 1.29 is 14.3 Å². The Labute approximate surface area is 208 Å². The smallest absolute Gasteiger partial charge is 0.231 e. The molecule has 1 fully saturated rings. The highest BCUT2D eigenvalue weighted by molar-refractivity contribution is 5.88. The van der Waals surface area contributed by atoms with Gasteiger partial charge in [-0.15, -0.1) is 0 Å². The van der Waals surface area contributed by atoms with E-state index in [0.29, 0.717) is 19.0 Å². The van der Waals surface area contributed by atoms with Crippen molar-refractivity contribution in [1.29, 1.82) is 0 Å². The van der Waals surface area contributed by atoms with Gasteiger partial charge in [0.1, 0.15) is 0 Å². The van der Waals surface area contributed by atoms with Crippen LogP contribution in [0.3, 0.4) is 0 Å². The van der Waals surface area contributed by atoms with E-state index in [1.807, 2.05) is 12.1 Å². The van der Waals surface area contributed by atoms with E-state index in [-0.39, 0.29) is 18.6 Å². The maximum atomic E-state index is 13.1. The molecule has 35 heavy (non-hydrogen) atoms. The third-order valence-corrected chi connectivity index (χ3v) is 7.66. The second kappa shape index (κ2) is 10.7. The van der Waals surface area contributed by atoms with E-state index in [2.05, 4.69) is 59.5 Å². The number of H-pyrrole nitrogens is 1. The number of rotatable bonds is 9. The molecular formula is C29H37N3O3. The van der Waals surface area contributed by atoms with Crippen LogP contribution >= 0.6 is 0 Å². The Balaban J connectivity index is 1.32. The normalized spacial score (nSPS) is 18.6. The molecular weight excluding hydrogens is 438 g/mol. The summed E-state index contributed by atoms with van der Waals surface area (Å²) in [5.74, 6) is 1.52. The number of fused-ring (bicyclic) bond motifs is 2. The van der Waals surface area contributed by atoms with Gasteiger partial charge in [0, 0.05) is 48.6 Å². The molecule has 5 rings (SSSR count).